The lowest BCUT2D eigenvalue weighted by Gasteiger charge is -2.26. The van der Waals surface area contributed by atoms with Crippen LogP contribution in [0.1, 0.15) is 30.4 Å². The number of rotatable bonds is 5. The third-order valence-electron chi connectivity index (χ3n) is 4.32. The summed E-state index contributed by atoms with van der Waals surface area (Å²) in [5.41, 5.74) is 1.83. The number of hydrogen-bond acceptors (Lipinski definition) is 3. The number of nitriles is 1. The molecule has 1 aromatic carbocycles. The van der Waals surface area contributed by atoms with Crippen LogP contribution in [0.3, 0.4) is 0 Å². The lowest BCUT2D eigenvalue weighted by Crippen LogP contribution is -2.39. The molecule has 5 heteroatoms. The first-order valence-electron chi connectivity index (χ1n) is 8.21. The van der Waals surface area contributed by atoms with E-state index in [9.17, 15) is 0 Å². The molecule has 1 N–H and O–H groups in total. The van der Waals surface area contributed by atoms with E-state index < -0.39 is 0 Å². The van der Waals surface area contributed by atoms with Crippen molar-refractivity contribution < 1.29 is 4.74 Å². The highest BCUT2D eigenvalue weighted by atomic mass is 16.5. The normalized spacial score (nSPS) is 16.0. The van der Waals surface area contributed by atoms with E-state index in [2.05, 4.69) is 28.3 Å². The number of aliphatic imine (C=N–C) groups is 1. The Balaban J connectivity index is 1.77. The molecule has 1 heterocycles. The van der Waals surface area contributed by atoms with Crippen LogP contribution in [-0.2, 0) is 11.3 Å². The van der Waals surface area contributed by atoms with Gasteiger partial charge in [0.15, 0.2) is 5.96 Å². The molecule has 0 aromatic heterocycles. The topological polar surface area (TPSA) is 60.7 Å². The molecule has 0 spiro atoms. The fourth-order valence-corrected chi connectivity index (χ4v) is 2.78. The first-order valence-corrected chi connectivity index (χ1v) is 8.21. The molecule has 23 heavy (non-hydrogen) atoms. The summed E-state index contributed by atoms with van der Waals surface area (Å²) in [6, 6.07) is 9.76. The molecule has 0 amide bonds. The van der Waals surface area contributed by atoms with Gasteiger partial charge in [0.2, 0.25) is 0 Å². The molecule has 1 aliphatic rings. The molecule has 5 nitrogen and oxygen atoms in total. The Hall–Kier alpha value is -2.06. The molecule has 0 unspecified atom stereocenters. The Bertz CT molecular complexity index is 541. The van der Waals surface area contributed by atoms with Crippen molar-refractivity contribution in [2.75, 3.05) is 33.9 Å². The molecule has 0 radical (unpaired) electrons. The highest BCUT2D eigenvalue weighted by molar-refractivity contribution is 5.79. The maximum atomic E-state index is 8.82. The fraction of sp³-hybridized carbons (Fsp3) is 0.556. The van der Waals surface area contributed by atoms with Crippen LogP contribution < -0.4 is 5.32 Å². The summed E-state index contributed by atoms with van der Waals surface area (Å²) in [6.45, 7) is 3.51. The smallest absolute Gasteiger partial charge is 0.193 e. The maximum Gasteiger partial charge on any atom is 0.193 e. The molecule has 0 atom stereocenters. The van der Waals surface area contributed by atoms with Crippen molar-refractivity contribution in [2.24, 2.45) is 10.9 Å². The van der Waals surface area contributed by atoms with Gasteiger partial charge in [-0.25, -0.2) is 0 Å². The summed E-state index contributed by atoms with van der Waals surface area (Å²) in [4.78, 5) is 6.53. The molecule has 0 bridgehead atoms. The maximum absolute atomic E-state index is 8.82. The second-order valence-electron chi connectivity index (χ2n) is 5.98. The van der Waals surface area contributed by atoms with E-state index in [-0.39, 0.29) is 0 Å². The molecule has 1 fully saturated rings. The van der Waals surface area contributed by atoms with Crippen molar-refractivity contribution >= 4 is 5.96 Å². The fourth-order valence-electron chi connectivity index (χ4n) is 2.78. The average molecular weight is 314 g/mol. The minimum atomic E-state index is 0.687. The molecular weight excluding hydrogens is 288 g/mol. The van der Waals surface area contributed by atoms with Gasteiger partial charge < -0.3 is 15.0 Å². The van der Waals surface area contributed by atoms with Gasteiger partial charge in [0, 0.05) is 40.4 Å². The van der Waals surface area contributed by atoms with Crippen molar-refractivity contribution in [1.82, 2.24) is 10.2 Å². The van der Waals surface area contributed by atoms with Gasteiger partial charge >= 0.3 is 0 Å². The second-order valence-corrected chi connectivity index (χ2v) is 5.98. The van der Waals surface area contributed by atoms with Crippen LogP contribution >= 0.6 is 0 Å². The summed E-state index contributed by atoms with van der Waals surface area (Å²) in [5, 5.41) is 12.2. The molecule has 1 aliphatic heterocycles. The zero-order valence-corrected chi connectivity index (χ0v) is 14.1. The Labute approximate surface area is 139 Å². The van der Waals surface area contributed by atoms with Crippen LogP contribution in [0.2, 0.25) is 0 Å². The van der Waals surface area contributed by atoms with Gasteiger partial charge in [0.05, 0.1) is 11.6 Å². The Morgan fingerprint density at radius 2 is 2.04 bits per heavy atom. The first kappa shape index (κ1) is 17.3. The number of hydrogen-bond donors (Lipinski definition) is 1. The van der Waals surface area contributed by atoms with Crippen LogP contribution in [0.4, 0.5) is 0 Å². The average Bonchev–Trinajstić information content (AvgIpc) is 2.62. The van der Waals surface area contributed by atoms with Crippen LogP contribution in [0.25, 0.3) is 0 Å². The van der Waals surface area contributed by atoms with Gasteiger partial charge in [0.25, 0.3) is 0 Å². The van der Waals surface area contributed by atoms with Gasteiger partial charge in [-0.2, -0.15) is 5.26 Å². The minimum absolute atomic E-state index is 0.687. The summed E-state index contributed by atoms with van der Waals surface area (Å²) < 4.78 is 5.41. The number of nitrogens with zero attached hydrogens (tertiary/aromatic N) is 3. The number of benzene rings is 1. The van der Waals surface area contributed by atoms with Gasteiger partial charge in [-0.05, 0) is 42.9 Å². The standard InChI is InChI=1S/C18H26N4O/c1-20-18(21-14-17-5-3-16(13-19)4-6-17)22(2)10-7-15-8-11-23-12-9-15/h3-6,15H,7-12,14H2,1-2H3,(H,20,21). The zero-order valence-electron chi connectivity index (χ0n) is 14.1. The Kier molecular flexibility index (Phi) is 6.89. The quantitative estimate of drug-likeness (QED) is 0.669. The molecule has 0 aliphatic carbocycles. The van der Waals surface area contributed by atoms with Crippen LogP contribution in [0, 0.1) is 17.2 Å². The van der Waals surface area contributed by atoms with Gasteiger partial charge in [-0.15, -0.1) is 0 Å². The first-order chi connectivity index (χ1) is 11.2. The van der Waals surface area contributed by atoms with E-state index in [1.54, 1.807) is 0 Å². The van der Waals surface area contributed by atoms with Crippen LogP contribution in [-0.4, -0.2) is 44.7 Å². The lowest BCUT2D eigenvalue weighted by atomic mass is 9.96. The van der Waals surface area contributed by atoms with Gasteiger partial charge in [0.1, 0.15) is 0 Å². The summed E-state index contributed by atoms with van der Waals surface area (Å²) >= 11 is 0. The number of guanidine groups is 1. The molecule has 2 rings (SSSR count). The predicted molar refractivity (Wildman–Crippen MR) is 92.1 cm³/mol. The van der Waals surface area contributed by atoms with E-state index in [0.717, 1.165) is 37.2 Å². The SMILES string of the molecule is CN=C(NCc1ccc(C#N)cc1)N(C)CCC1CCOCC1. The molecule has 124 valence electrons. The van der Waals surface area contributed by atoms with E-state index in [1.807, 2.05) is 31.3 Å². The van der Waals surface area contributed by atoms with Gasteiger partial charge in [-0.1, -0.05) is 12.1 Å². The minimum Gasteiger partial charge on any atom is -0.381 e. The Morgan fingerprint density at radius 3 is 2.65 bits per heavy atom. The van der Waals surface area contributed by atoms with Crippen LogP contribution in [0.5, 0.6) is 0 Å². The van der Waals surface area contributed by atoms with E-state index >= 15 is 0 Å². The van der Waals surface area contributed by atoms with Crippen molar-refractivity contribution in [2.45, 2.75) is 25.8 Å². The van der Waals surface area contributed by atoms with E-state index in [1.165, 1.54) is 19.3 Å². The summed E-state index contributed by atoms with van der Waals surface area (Å²) in [7, 11) is 3.89. The monoisotopic (exact) mass is 314 g/mol. The molecule has 1 aromatic rings. The highest BCUT2D eigenvalue weighted by Gasteiger charge is 2.15. The summed E-state index contributed by atoms with van der Waals surface area (Å²) in [5.74, 6) is 1.67. The third-order valence-corrected chi connectivity index (χ3v) is 4.32. The number of ether oxygens (including phenoxy) is 1. The largest absolute Gasteiger partial charge is 0.381 e. The Morgan fingerprint density at radius 1 is 1.35 bits per heavy atom. The highest BCUT2D eigenvalue weighted by Crippen LogP contribution is 2.18. The van der Waals surface area contributed by atoms with Gasteiger partial charge in [-0.3, -0.25) is 4.99 Å². The molecule has 0 saturated carbocycles. The second kappa shape index (κ2) is 9.16. The van der Waals surface area contributed by atoms with E-state index in [0.29, 0.717) is 12.1 Å². The number of nitrogens with one attached hydrogen (secondary N) is 1. The van der Waals surface area contributed by atoms with Crippen molar-refractivity contribution in [1.29, 1.82) is 5.26 Å². The zero-order chi connectivity index (χ0) is 16.5. The lowest BCUT2D eigenvalue weighted by molar-refractivity contribution is 0.0625. The predicted octanol–water partition coefficient (Wildman–Crippen LogP) is 2.38. The van der Waals surface area contributed by atoms with Crippen molar-refractivity contribution in [3.8, 4) is 6.07 Å². The summed E-state index contributed by atoms with van der Waals surface area (Å²) in [6.07, 6.45) is 3.52. The van der Waals surface area contributed by atoms with Crippen molar-refractivity contribution in [3.63, 3.8) is 0 Å². The van der Waals surface area contributed by atoms with Crippen LogP contribution in [0.15, 0.2) is 29.3 Å². The third kappa shape index (κ3) is 5.57. The van der Waals surface area contributed by atoms with Crippen molar-refractivity contribution in [3.05, 3.63) is 35.4 Å². The van der Waals surface area contributed by atoms with E-state index in [4.69, 9.17) is 10.00 Å². The molecule has 1 saturated heterocycles. The molecular formula is C18H26N4O.